The van der Waals surface area contributed by atoms with Crippen LogP contribution < -0.4 is 0 Å². The third-order valence-corrected chi connectivity index (χ3v) is 5.41. The third-order valence-electron chi connectivity index (χ3n) is 5.41. The van der Waals surface area contributed by atoms with Crippen molar-refractivity contribution in [3.8, 4) is 17.2 Å². The van der Waals surface area contributed by atoms with E-state index in [-0.39, 0.29) is 33.8 Å². The first kappa shape index (κ1) is 22.9. The minimum Gasteiger partial charge on any atom is -0.507 e. The summed E-state index contributed by atoms with van der Waals surface area (Å²) >= 11 is 0. The number of carboxylic acids is 1. The number of cyclic esters (lactones) is 1. The van der Waals surface area contributed by atoms with E-state index < -0.39 is 23.8 Å². The summed E-state index contributed by atoms with van der Waals surface area (Å²) in [7, 11) is 0. The maximum atomic E-state index is 12.3. The first-order valence-corrected chi connectivity index (χ1v) is 10.2. The van der Waals surface area contributed by atoms with E-state index in [0.717, 1.165) is 30.5 Å². The number of phenolic OH excluding ortho intramolecular Hbond substituents is 3. The van der Waals surface area contributed by atoms with Crippen molar-refractivity contribution < 1.29 is 34.8 Å². The number of esters is 1. The summed E-state index contributed by atoms with van der Waals surface area (Å²) in [5.41, 5.74) is 2.49. The van der Waals surface area contributed by atoms with Crippen LogP contribution in [0, 0.1) is 0 Å². The average Bonchev–Trinajstić information content (AvgIpc) is 3.04. The van der Waals surface area contributed by atoms with E-state index in [1.165, 1.54) is 11.6 Å². The number of ether oxygens (including phenoxy) is 1. The number of hydrogen-bond donors (Lipinski definition) is 4. The molecule has 168 valence electrons. The summed E-state index contributed by atoms with van der Waals surface area (Å²) in [4.78, 5) is 23.6. The Morgan fingerprint density at radius 2 is 1.75 bits per heavy atom. The zero-order chi connectivity index (χ0) is 23.6. The van der Waals surface area contributed by atoms with Crippen LogP contribution in [0.25, 0.3) is 0 Å². The molecule has 0 aromatic heterocycles. The average molecular weight is 438 g/mol. The lowest BCUT2D eigenvalue weighted by Crippen LogP contribution is -2.03. The number of hydrogen-bond acceptors (Lipinski definition) is 6. The van der Waals surface area contributed by atoms with Gasteiger partial charge in [-0.25, -0.2) is 9.59 Å². The summed E-state index contributed by atoms with van der Waals surface area (Å²) in [6.45, 7) is 6.09. The van der Waals surface area contributed by atoms with E-state index in [9.17, 15) is 24.9 Å². The molecule has 0 saturated heterocycles. The molecule has 1 heterocycles. The van der Waals surface area contributed by atoms with Crippen LogP contribution in [0.5, 0.6) is 17.2 Å². The fraction of sp³-hybridized carbons (Fsp3) is 0.280. The number of fused-ring (bicyclic) bond motifs is 1. The van der Waals surface area contributed by atoms with Crippen LogP contribution in [-0.2, 0) is 11.2 Å². The van der Waals surface area contributed by atoms with E-state index in [4.69, 9.17) is 9.84 Å². The summed E-state index contributed by atoms with van der Waals surface area (Å²) < 4.78 is 5.32. The Balaban J connectivity index is 1.95. The van der Waals surface area contributed by atoms with Crippen LogP contribution in [0.4, 0.5) is 0 Å². The number of carboxylic acid groups (broad SMARTS) is 1. The lowest BCUT2D eigenvalue weighted by molar-refractivity contribution is 0.0448. The van der Waals surface area contributed by atoms with Gasteiger partial charge in [-0.2, -0.15) is 0 Å². The van der Waals surface area contributed by atoms with Gasteiger partial charge in [0.05, 0.1) is 22.3 Å². The van der Waals surface area contributed by atoms with Crippen LogP contribution >= 0.6 is 0 Å². The minimum absolute atomic E-state index is 0.0104. The highest BCUT2D eigenvalue weighted by Crippen LogP contribution is 2.48. The van der Waals surface area contributed by atoms with Crippen molar-refractivity contribution >= 4 is 11.9 Å². The van der Waals surface area contributed by atoms with Crippen LogP contribution in [0.15, 0.2) is 47.6 Å². The lowest BCUT2D eigenvalue weighted by atomic mass is 9.93. The SMILES string of the molecule is CC(C)=CCC/C(C)=C/Cc1ccc(O)c(C2OC(=O)c3cc(C(=O)O)cc(O)c32)c1O. The number of allylic oxidation sites excluding steroid dienone is 4. The summed E-state index contributed by atoms with van der Waals surface area (Å²) in [6.07, 6.45) is 5.08. The molecule has 0 fully saturated rings. The van der Waals surface area contributed by atoms with Gasteiger partial charge in [-0.05, 0) is 63.8 Å². The molecule has 0 aliphatic carbocycles. The van der Waals surface area contributed by atoms with Crippen LogP contribution in [-0.4, -0.2) is 32.4 Å². The Bertz CT molecular complexity index is 1140. The first-order chi connectivity index (χ1) is 15.1. The predicted octanol–water partition coefficient (Wildman–Crippen LogP) is 5.00. The van der Waals surface area contributed by atoms with Crippen molar-refractivity contribution in [3.63, 3.8) is 0 Å². The predicted molar refractivity (Wildman–Crippen MR) is 118 cm³/mol. The Hall–Kier alpha value is -3.74. The highest BCUT2D eigenvalue weighted by molar-refractivity contribution is 5.99. The number of aromatic hydroxyl groups is 3. The number of phenols is 3. The fourth-order valence-electron chi connectivity index (χ4n) is 3.68. The molecule has 4 N–H and O–H groups in total. The van der Waals surface area contributed by atoms with Crippen molar-refractivity contribution in [3.05, 3.63) is 75.4 Å². The Labute approximate surface area is 185 Å². The van der Waals surface area contributed by atoms with Crippen LogP contribution in [0.3, 0.4) is 0 Å². The summed E-state index contributed by atoms with van der Waals surface area (Å²) in [5, 5.41) is 40.8. The van der Waals surface area contributed by atoms with Crippen molar-refractivity contribution in [2.45, 2.75) is 46.1 Å². The molecule has 7 nitrogen and oxygen atoms in total. The third kappa shape index (κ3) is 4.61. The number of carbonyl (C=O) groups is 2. The van der Waals surface area contributed by atoms with Crippen molar-refractivity contribution in [1.82, 2.24) is 0 Å². The zero-order valence-electron chi connectivity index (χ0n) is 18.2. The van der Waals surface area contributed by atoms with Gasteiger partial charge in [0.1, 0.15) is 17.2 Å². The normalized spacial score (nSPS) is 15.3. The van der Waals surface area contributed by atoms with Gasteiger partial charge in [0.2, 0.25) is 0 Å². The minimum atomic E-state index is -1.31. The molecule has 0 bridgehead atoms. The molecule has 2 aromatic rings. The molecule has 1 atom stereocenters. The maximum Gasteiger partial charge on any atom is 0.339 e. The molecule has 32 heavy (non-hydrogen) atoms. The molecule has 0 saturated carbocycles. The summed E-state index contributed by atoms with van der Waals surface area (Å²) in [6, 6.07) is 5.09. The second kappa shape index (κ2) is 9.18. The van der Waals surface area contributed by atoms with Gasteiger partial charge in [-0.1, -0.05) is 29.4 Å². The van der Waals surface area contributed by atoms with E-state index in [0.29, 0.717) is 12.0 Å². The quantitative estimate of drug-likeness (QED) is 0.354. The van der Waals surface area contributed by atoms with Crippen molar-refractivity contribution in [2.24, 2.45) is 0 Å². The van der Waals surface area contributed by atoms with E-state index in [1.54, 1.807) is 6.07 Å². The molecular weight excluding hydrogens is 412 g/mol. The molecule has 2 aromatic carbocycles. The molecule has 7 heteroatoms. The largest absolute Gasteiger partial charge is 0.507 e. The fourth-order valence-corrected chi connectivity index (χ4v) is 3.68. The maximum absolute atomic E-state index is 12.3. The smallest absolute Gasteiger partial charge is 0.339 e. The summed E-state index contributed by atoms with van der Waals surface area (Å²) in [5.74, 6) is -3.16. The number of benzene rings is 2. The van der Waals surface area contributed by atoms with Crippen LogP contribution in [0.1, 0.15) is 77.1 Å². The molecule has 0 spiro atoms. The monoisotopic (exact) mass is 438 g/mol. The van der Waals surface area contributed by atoms with Gasteiger partial charge >= 0.3 is 11.9 Å². The van der Waals surface area contributed by atoms with Gasteiger partial charge in [0.15, 0.2) is 6.10 Å². The molecule has 3 rings (SSSR count). The molecule has 1 aliphatic heterocycles. The number of aromatic carboxylic acids is 1. The molecule has 1 unspecified atom stereocenters. The highest BCUT2D eigenvalue weighted by Gasteiger charge is 2.39. The Kier molecular flexibility index (Phi) is 6.58. The first-order valence-electron chi connectivity index (χ1n) is 10.2. The molecular formula is C25H26O7. The van der Waals surface area contributed by atoms with Crippen molar-refractivity contribution in [2.75, 3.05) is 0 Å². The van der Waals surface area contributed by atoms with Crippen molar-refractivity contribution in [1.29, 1.82) is 0 Å². The van der Waals surface area contributed by atoms with Gasteiger partial charge < -0.3 is 25.2 Å². The van der Waals surface area contributed by atoms with Gasteiger partial charge in [0.25, 0.3) is 0 Å². The highest BCUT2D eigenvalue weighted by atomic mass is 16.6. The van der Waals surface area contributed by atoms with Gasteiger partial charge in [0, 0.05) is 0 Å². The van der Waals surface area contributed by atoms with E-state index in [2.05, 4.69) is 6.08 Å². The molecule has 0 amide bonds. The lowest BCUT2D eigenvalue weighted by Gasteiger charge is -2.17. The number of rotatable bonds is 7. The second-order valence-corrected chi connectivity index (χ2v) is 8.13. The topological polar surface area (TPSA) is 124 Å². The Morgan fingerprint density at radius 1 is 1.03 bits per heavy atom. The second-order valence-electron chi connectivity index (χ2n) is 8.13. The number of carbonyl (C=O) groups excluding carboxylic acids is 1. The van der Waals surface area contributed by atoms with Crippen LogP contribution in [0.2, 0.25) is 0 Å². The zero-order valence-corrected chi connectivity index (χ0v) is 18.2. The van der Waals surface area contributed by atoms with E-state index >= 15 is 0 Å². The van der Waals surface area contributed by atoms with Gasteiger partial charge in [-0.3, -0.25) is 0 Å². The molecule has 0 radical (unpaired) electrons. The Morgan fingerprint density at radius 3 is 2.41 bits per heavy atom. The molecule has 1 aliphatic rings. The van der Waals surface area contributed by atoms with Gasteiger partial charge in [-0.15, -0.1) is 0 Å². The van der Waals surface area contributed by atoms with E-state index in [1.807, 2.05) is 26.8 Å². The standard InChI is InChI=1S/C25H26O7/c1-13(2)5-4-6-14(3)7-8-15-9-10-18(26)21(22(15)28)23-20-17(25(31)32-23)11-16(24(29)30)12-19(20)27/h5,7,9-12,23,26-28H,4,6,8H2,1-3H3,(H,29,30)/b14-7+.